The van der Waals surface area contributed by atoms with Crippen molar-refractivity contribution in [2.45, 2.75) is 50.7 Å². The molecule has 0 radical (unpaired) electrons. The quantitative estimate of drug-likeness (QED) is 0.629. The number of nitrogens with zero attached hydrogens (tertiary/aromatic N) is 1. The number of carbonyl (C=O) groups is 2. The van der Waals surface area contributed by atoms with Crippen molar-refractivity contribution in [3.63, 3.8) is 0 Å². The summed E-state index contributed by atoms with van der Waals surface area (Å²) in [4.78, 5) is 26.1. The topological polar surface area (TPSA) is 66.8 Å². The predicted octanol–water partition coefficient (Wildman–Crippen LogP) is 2.63. The van der Waals surface area contributed by atoms with Crippen LogP contribution in [0.4, 0.5) is 0 Å². The minimum atomic E-state index is -0.779. The van der Waals surface area contributed by atoms with Gasteiger partial charge in [0.15, 0.2) is 0 Å². The van der Waals surface area contributed by atoms with E-state index >= 15 is 0 Å². The first-order chi connectivity index (χ1) is 12.0. The van der Waals surface area contributed by atoms with Crippen LogP contribution in [0.25, 0.3) is 0 Å². The number of esters is 1. The smallest absolute Gasteiger partial charge is 0.320 e. The van der Waals surface area contributed by atoms with Crippen LogP contribution >= 0.6 is 0 Å². The maximum absolute atomic E-state index is 12.6. The molecule has 5 heteroatoms. The molecule has 2 aliphatic heterocycles. The number of hydrogen-bond acceptors (Lipinski definition) is 4. The summed E-state index contributed by atoms with van der Waals surface area (Å²) in [5.41, 5.74) is 2.47. The van der Waals surface area contributed by atoms with Crippen LogP contribution in [-0.4, -0.2) is 47.2 Å². The van der Waals surface area contributed by atoms with Gasteiger partial charge in [-0.05, 0) is 51.0 Å². The average molecular weight is 345 g/mol. The minimum Gasteiger partial charge on any atom is -0.480 e. The molecule has 2 aliphatic carbocycles. The Balaban J connectivity index is 1.56. The van der Waals surface area contributed by atoms with Gasteiger partial charge in [0.25, 0.3) is 0 Å². The second kappa shape index (κ2) is 6.27. The Morgan fingerprint density at radius 2 is 1.96 bits per heavy atom. The van der Waals surface area contributed by atoms with Gasteiger partial charge >= 0.3 is 11.9 Å². The van der Waals surface area contributed by atoms with Gasteiger partial charge in [-0.25, -0.2) is 0 Å². The Hall–Kier alpha value is -1.62. The van der Waals surface area contributed by atoms with Crippen LogP contribution in [0.2, 0.25) is 0 Å². The molecule has 25 heavy (non-hydrogen) atoms. The maximum atomic E-state index is 12.6. The number of carboxylic acid groups (broad SMARTS) is 1. The molecule has 1 N–H and O–H groups in total. The molecule has 4 rings (SSSR count). The molecule has 6 unspecified atom stereocenters. The van der Waals surface area contributed by atoms with Crippen molar-refractivity contribution < 1.29 is 19.4 Å². The molecular weight excluding hydrogens is 318 g/mol. The first-order valence-corrected chi connectivity index (χ1v) is 9.50. The van der Waals surface area contributed by atoms with Gasteiger partial charge in [0, 0.05) is 18.4 Å². The zero-order valence-corrected chi connectivity index (χ0v) is 14.7. The Morgan fingerprint density at radius 1 is 1.20 bits per heavy atom. The number of ether oxygens (including phenoxy) is 1. The highest BCUT2D eigenvalue weighted by Crippen LogP contribution is 2.52. The summed E-state index contributed by atoms with van der Waals surface area (Å²) in [6.45, 7) is 9.80. The molecule has 5 nitrogen and oxygen atoms in total. The fourth-order valence-electron chi connectivity index (χ4n) is 5.63. The van der Waals surface area contributed by atoms with Crippen LogP contribution < -0.4 is 0 Å². The average Bonchev–Trinajstić information content (AvgIpc) is 3.22. The summed E-state index contributed by atoms with van der Waals surface area (Å²) in [5.74, 6) is -0.375. The molecule has 2 heterocycles. The number of likely N-dealkylation sites (tertiary alicyclic amines) is 1. The molecule has 0 amide bonds. The van der Waals surface area contributed by atoms with Gasteiger partial charge in [0.1, 0.15) is 12.1 Å². The monoisotopic (exact) mass is 345 g/mol. The summed E-state index contributed by atoms with van der Waals surface area (Å²) >= 11 is 0. The van der Waals surface area contributed by atoms with Crippen molar-refractivity contribution >= 4 is 11.9 Å². The van der Waals surface area contributed by atoms with Gasteiger partial charge in [0.05, 0.1) is 5.92 Å². The van der Waals surface area contributed by atoms with Crippen LogP contribution in [0, 0.1) is 23.7 Å². The molecule has 4 aliphatic rings. The van der Waals surface area contributed by atoms with Gasteiger partial charge in [-0.15, -0.1) is 0 Å². The first kappa shape index (κ1) is 16.8. The minimum absolute atomic E-state index is 0.0948. The third-order valence-electron chi connectivity index (χ3n) is 6.93. The lowest BCUT2D eigenvalue weighted by Gasteiger charge is -2.28. The maximum Gasteiger partial charge on any atom is 0.320 e. The lowest BCUT2D eigenvalue weighted by molar-refractivity contribution is -0.148. The van der Waals surface area contributed by atoms with E-state index in [4.69, 9.17) is 4.74 Å². The van der Waals surface area contributed by atoms with E-state index in [2.05, 4.69) is 13.2 Å². The van der Waals surface area contributed by atoms with E-state index in [1.807, 2.05) is 4.90 Å². The molecular formula is C20H27NO4. The van der Waals surface area contributed by atoms with Crippen LogP contribution in [-0.2, 0) is 14.3 Å². The molecule has 2 saturated heterocycles. The molecule has 136 valence electrons. The van der Waals surface area contributed by atoms with Crippen LogP contribution in [0.5, 0.6) is 0 Å². The van der Waals surface area contributed by atoms with Gasteiger partial charge in [-0.3, -0.25) is 14.5 Å². The second-order valence-electron chi connectivity index (χ2n) is 8.19. The van der Waals surface area contributed by atoms with Crippen molar-refractivity contribution in [1.29, 1.82) is 0 Å². The van der Waals surface area contributed by atoms with E-state index in [9.17, 15) is 14.7 Å². The van der Waals surface area contributed by atoms with E-state index in [0.29, 0.717) is 18.9 Å². The Kier molecular flexibility index (Phi) is 4.22. The van der Waals surface area contributed by atoms with Crippen molar-refractivity contribution in [2.75, 3.05) is 13.1 Å². The first-order valence-electron chi connectivity index (χ1n) is 9.50. The molecule has 0 aromatic rings. The lowest BCUT2D eigenvalue weighted by atomic mass is 9.79. The van der Waals surface area contributed by atoms with Crippen molar-refractivity contribution in [3.8, 4) is 0 Å². The third kappa shape index (κ3) is 2.73. The third-order valence-corrected chi connectivity index (χ3v) is 6.93. The molecule has 0 bridgehead atoms. The highest BCUT2D eigenvalue weighted by Gasteiger charge is 2.54. The SMILES string of the molecule is C=C1CCC2C(CN3CCCC3C(=O)O)C(=O)OC2C2C(=C)CCC12. The number of hydrogen-bond donors (Lipinski definition) is 1. The summed E-state index contributed by atoms with van der Waals surface area (Å²) in [5, 5.41) is 9.41. The van der Waals surface area contributed by atoms with E-state index in [-0.39, 0.29) is 29.8 Å². The highest BCUT2D eigenvalue weighted by molar-refractivity contribution is 5.77. The predicted molar refractivity (Wildman–Crippen MR) is 92.8 cm³/mol. The van der Waals surface area contributed by atoms with E-state index in [1.165, 1.54) is 11.1 Å². The zero-order chi connectivity index (χ0) is 17.7. The summed E-state index contributed by atoms with van der Waals surface area (Å²) < 4.78 is 5.88. The fraction of sp³-hybridized carbons (Fsp3) is 0.700. The summed E-state index contributed by atoms with van der Waals surface area (Å²) in [7, 11) is 0. The number of aliphatic carboxylic acids is 1. The Labute approximate surface area is 148 Å². The van der Waals surface area contributed by atoms with Gasteiger partial charge in [-0.2, -0.15) is 0 Å². The Morgan fingerprint density at radius 3 is 2.72 bits per heavy atom. The van der Waals surface area contributed by atoms with E-state index in [1.54, 1.807) is 0 Å². The zero-order valence-electron chi connectivity index (χ0n) is 14.7. The van der Waals surface area contributed by atoms with E-state index in [0.717, 1.165) is 38.6 Å². The standard InChI is InChI=1S/C20H27NO4/c1-11-5-8-14-15(10-21-9-3-4-16(21)19(22)23)20(24)25-18(14)17-12(2)6-7-13(11)17/h13-18H,1-10H2,(H,22,23). The fourth-order valence-corrected chi connectivity index (χ4v) is 5.63. The molecule has 0 spiro atoms. The van der Waals surface area contributed by atoms with Crippen molar-refractivity contribution in [2.24, 2.45) is 23.7 Å². The molecule has 0 aromatic carbocycles. The summed E-state index contributed by atoms with van der Waals surface area (Å²) in [6, 6.07) is -0.457. The number of carbonyl (C=O) groups excluding carboxylic acids is 1. The second-order valence-corrected chi connectivity index (χ2v) is 8.19. The van der Waals surface area contributed by atoms with Crippen LogP contribution in [0.1, 0.15) is 38.5 Å². The Bertz CT molecular complexity index is 627. The number of allylic oxidation sites excluding steroid dienone is 1. The normalized spacial score (nSPS) is 41.4. The van der Waals surface area contributed by atoms with Gasteiger partial charge in [0.2, 0.25) is 0 Å². The molecule has 0 aromatic heterocycles. The van der Waals surface area contributed by atoms with Crippen LogP contribution in [0.3, 0.4) is 0 Å². The van der Waals surface area contributed by atoms with Crippen LogP contribution in [0.15, 0.2) is 24.3 Å². The molecule has 6 atom stereocenters. The van der Waals surface area contributed by atoms with Gasteiger partial charge in [-0.1, -0.05) is 24.3 Å². The number of fused-ring (bicyclic) bond motifs is 3. The molecule has 4 fully saturated rings. The lowest BCUT2D eigenvalue weighted by Crippen LogP contribution is -2.42. The number of rotatable bonds is 3. The van der Waals surface area contributed by atoms with Crippen molar-refractivity contribution in [1.82, 2.24) is 4.90 Å². The molecule has 2 saturated carbocycles. The largest absolute Gasteiger partial charge is 0.480 e. The summed E-state index contributed by atoms with van der Waals surface area (Å²) in [6.07, 6.45) is 5.36. The number of carboxylic acids is 1. The van der Waals surface area contributed by atoms with E-state index < -0.39 is 12.0 Å². The van der Waals surface area contributed by atoms with Gasteiger partial charge < -0.3 is 9.84 Å². The van der Waals surface area contributed by atoms with Crippen molar-refractivity contribution in [3.05, 3.63) is 24.3 Å². The highest BCUT2D eigenvalue weighted by atomic mass is 16.6.